The fourth-order valence-corrected chi connectivity index (χ4v) is 2.57. The molecule has 0 aromatic rings. The van der Waals surface area contributed by atoms with Crippen molar-refractivity contribution in [1.29, 1.82) is 0 Å². The van der Waals surface area contributed by atoms with Crippen LogP contribution in [0.2, 0.25) is 0 Å². The molecule has 1 saturated carbocycles. The third kappa shape index (κ3) is 3.32. The highest BCUT2D eigenvalue weighted by Gasteiger charge is 2.24. The Hall–Kier alpha value is 0. The zero-order valence-corrected chi connectivity index (χ0v) is 9.73. The Morgan fingerprint density at radius 1 is 1.08 bits per heavy atom. The molecule has 0 bridgehead atoms. The van der Waals surface area contributed by atoms with Crippen LogP contribution >= 0.6 is 0 Å². The van der Waals surface area contributed by atoms with Crippen molar-refractivity contribution in [3.05, 3.63) is 0 Å². The van der Waals surface area contributed by atoms with Crippen molar-refractivity contribution in [1.82, 2.24) is 0 Å². The first kappa shape index (κ1) is 11.1. The Balaban J connectivity index is 2.44. The van der Waals surface area contributed by atoms with E-state index in [-0.39, 0.29) is 0 Å². The van der Waals surface area contributed by atoms with Gasteiger partial charge in [-0.3, -0.25) is 0 Å². The van der Waals surface area contributed by atoms with Crippen LogP contribution in [0.25, 0.3) is 0 Å². The molecule has 2 atom stereocenters. The van der Waals surface area contributed by atoms with Crippen molar-refractivity contribution < 1.29 is 0 Å². The van der Waals surface area contributed by atoms with Gasteiger partial charge < -0.3 is 0 Å². The van der Waals surface area contributed by atoms with Crippen molar-refractivity contribution in [2.45, 2.75) is 72.1 Å². The lowest BCUT2D eigenvalue weighted by Gasteiger charge is -2.32. The van der Waals surface area contributed by atoms with E-state index in [9.17, 15) is 0 Å². The smallest absolute Gasteiger partial charge is 0.0328 e. The fraction of sp³-hybridized carbons (Fsp3) is 1.00. The third-order valence-electron chi connectivity index (χ3n) is 4.23. The molecule has 13 heavy (non-hydrogen) atoms. The first-order valence-electron chi connectivity index (χ1n) is 6.20. The largest absolute Gasteiger partial charge is 0.0651 e. The molecular formula is C13H26. The van der Waals surface area contributed by atoms with E-state index in [1.165, 1.54) is 51.4 Å². The first-order chi connectivity index (χ1) is 6.20. The van der Waals surface area contributed by atoms with Gasteiger partial charge in [-0.15, -0.1) is 0 Å². The highest BCUT2D eigenvalue weighted by atomic mass is 14.3. The van der Waals surface area contributed by atoms with Gasteiger partial charge in [0.1, 0.15) is 0 Å². The second-order valence-corrected chi connectivity index (χ2v) is 5.22. The van der Waals surface area contributed by atoms with Crippen LogP contribution in [0.5, 0.6) is 0 Å². The molecule has 2 unspecified atom stereocenters. The van der Waals surface area contributed by atoms with Gasteiger partial charge in [-0.25, -0.2) is 0 Å². The monoisotopic (exact) mass is 182 g/mol. The van der Waals surface area contributed by atoms with Crippen LogP contribution in [0.15, 0.2) is 0 Å². The highest BCUT2D eigenvalue weighted by Crippen LogP contribution is 2.38. The molecule has 0 heteroatoms. The molecule has 1 aliphatic rings. The molecule has 0 heterocycles. The van der Waals surface area contributed by atoms with Crippen LogP contribution in [0, 0.1) is 11.3 Å². The van der Waals surface area contributed by atoms with Crippen LogP contribution in [-0.2, 0) is 0 Å². The van der Waals surface area contributed by atoms with Crippen molar-refractivity contribution in [2.24, 2.45) is 11.3 Å². The lowest BCUT2D eigenvalue weighted by Crippen LogP contribution is -2.19. The SMILES string of the molecule is CCC1CCCCC(C)(CC)CC1. The van der Waals surface area contributed by atoms with Crippen molar-refractivity contribution in [2.75, 3.05) is 0 Å². The second-order valence-electron chi connectivity index (χ2n) is 5.22. The maximum absolute atomic E-state index is 2.49. The molecule has 0 aromatic heterocycles. The van der Waals surface area contributed by atoms with E-state index in [2.05, 4.69) is 20.8 Å². The maximum Gasteiger partial charge on any atom is -0.0328 e. The Morgan fingerprint density at radius 2 is 1.85 bits per heavy atom. The first-order valence-corrected chi connectivity index (χ1v) is 6.20. The third-order valence-corrected chi connectivity index (χ3v) is 4.23. The maximum atomic E-state index is 2.49. The highest BCUT2D eigenvalue weighted by molar-refractivity contribution is 4.77. The van der Waals surface area contributed by atoms with Crippen LogP contribution in [0.4, 0.5) is 0 Å². The van der Waals surface area contributed by atoms with E-state index in [1.54, 1.807) is 0 Å². The van der Waals surface area contributed by atoms with Crippen molar-refractivity contribution >= 4 is 0 Å². The van der Waals surface area contributed by atoms with E-state index < -0.39 is 0 Å². The molecule has 1 fully saturated rings. The molecule has 0 aromatic carbocycles. The standard InChI is InChI=1S/C13H26/c1-4-12-8-6-7-10-13(3,5-2)11-9-12/h12H,4-11H2,1-3H3. The summed E-state index contributed by atoms with van der Waals surface area (Å²) in [5.74, 6) is 1.03. The van der Waals surface area contributed by atoms with Gasteiger partial charge in [0.25, 0.3) is 0 Å². The summed E-state index contributed by atoms with van der Waals surface area (Å²) < 4.78 is 0. The molecule has 0 radical (unpaired) electrons. The van der Waals surface area contributed by atoms with Gasteiger partial charge in [0, 0.05) is 0 Å². The van der Waals surface area contributed by atoms with E-state index in [4.69, 9.17) is 0 Å². The zero-order chi connectivity index (χ0) is 9.73. The van der Waals surface area contributed by atoms with Gasteiger partial charge >= 0.3 is 0 Å². The molecule has 1 aliphatic carbocycles. The Kier molecular flexibility index (Phi) is 4.28. The lowest BCUT2D eigenvalue weighted by molar-refractivity contribution is 0.199. The predicted octanol–water partition coefficient (Wildman–Crippen LogP) is 4.78. The summed E-state index contributed by atoms with van der Waals surface area (Å²) in [6.45, 7) is 7.21. The summed E-state index contributed by atoms with van der Waals surface area (Å²) in [5, 5.41) is 0. The zero-order valence-electron chi connectivity index (χ0n) is 9.73. The van der Waals surface area contributed by atoms with E-state index >= 15 is 0 Å². The number of hydrogen-bond donors (Lipinski definition) is 0. The summed E-state index contributed by atoms with van der Waals surface area (Å²) in [5.41, 5.74) is 0.674. The van der Waals surface area contributed by atoms with Gasteiger partial charge in [0.2, 0.25) is 0 Å². The summed E-state index contributed by atoms with van der Waals surface area (Å²) in [7, 11) is 0. The topological polar surface area (TPSA) is 0 Å². The number of hydrogen-bond acceptors (Lipinski definition) is 0. The van der Waals surface area contributed by atoms with Crippen LogP contribution in [0.1, 0.15) is 72.1 Å². The number of rotatable bonds is 2. The minimum absolute atomic E-state index is 0.674. The molecule has 1 rings (SSSR count). The molecule has 0 aliphatic heterocycles. The molecule has 0 spiro atoms. The average Bonchev–Trinajstić information content (AvgIpc) is 2.13. The Bertz CT molecular complexity index is 139. The van der Waals surface area contributed by atoms with Gasteiger partial charge in [0.05, 0.1) is 0 Å². The van der Waals surface area contributed by atoms with Crippen molar-refractivity contribution in [3.63, 3.8) is 0 Å². The molecule has 0 nitrogen and oxygen atoms in total. The molecule has 78 valence electrons. The molecule has 0 N–H and O–H groups in total. The molecule has 0 amide bonds. The van der Waals surface area contributed by atoms with Gasteiger partial charge in [-0.05, 0) is 30.6 Å². The average molecular weight is 182 g/mol. The fourth-order valence-electron chi connectivity index (χ4n) is 2.57. The second kappa shape index (κ2) is 5.02. The quantitative estimate of drug-likeness (QED) is 0.576. The van der Waals surface area contributed by atoms with Crippen molar-refractivity contribution in [3.8, 4) is 0 Å². The van der Waals surface area contributed by atoms with Gasteiger partial charge in [0.15, 0.2) is 0 Å². The summed E-state index contributed by atoms with van der Waals surface area (Å²) in [6.07, 6.45) is 11.7. The Morgan fingerprint density at radius 3 is 2.46 bits per heavy atom. The van der Waals surface area contributed by atoms with E-state index in [0.29, 0.717) is 5.41 Å². The van der Waals surface area contributed by atoms with Crippen LogP contribution < -0.4 is 0 Å². The molecule has 0 saturated heterocycles. The predicted molar refractivity (Wildman–Crippen MR) is 59.9 cm³/mol. The van der Waals surface area contributed by atoms with Crippen LogP contribution in [0.3, 0.4) is 0 Å². The van der Waals surface area contributed by atoms with Crippen LogP contribution in [-0.4, -0.2) is 0 Å². The summed E-state index contributed by atoms with van der Waals surface area (Å²) in [4.78, 5) is 0. The minimum Gasteiger partial charge on any atom is -0.0651 e. The Labute approximate surface area is 84.1 Å². The van der Waals surface area contributed by atoms with E-state index in [0.717, 1.165) is 5.92 Å². The minimum atomic E-state index is 0.674. The van der Waals surface area contributed by atoms with Gasteiger partial charge in [-0.1, -0.05) is 52.9 Å². The van der Waals surface area contributed by atoms with Gasteiger partial charge in [-0.2, -0.15) is 0 Å². The lowest BCUT2D eigenvalue weighted by atomic mass is 9.73. The molecular weight excluding hydrogens is 156 g/mol. The summed E-state index contributed by atoms with van der Waals surface area (Å²) in [6, 6.07) is 0. The summed E-state index contributed by atoms with van der Waals surface area (Å²) >= 11 is 0. The van der Waals surface area contributed by atoms with E-state index in [1.807, 2.05) is 0 Å². The normalized spacial score (nSPS) is 36.7.